The van der Waals surface area contributed by atoms with Crippen LogP contribution < -0.4 is 5.32 Å². The second-order valence-electron chi connectivity index (χ2n) is 4.64. The lowest BCUT2D eigenvalue weighted by atomic mass is 9.82. The molecule has 0 aromatic heterocycles. The number of nitrogens with one attached hydrogen (secondary N) is 1. The molecule has 2 rings (SSSR count). The number of aliphatic carboxylic acids is 1. The Labute approximate surface area is 105 Å². The molecule has 2 aliphatic heterocycles. The van der Waals surface area contributed by atoms with Crippen LogP contribution in [-0.4, -0.2) is 42.5 Å². The minimum Gasteiger partial charge on any atom is -0.480 e. The molecule has 4 unspecified atom stereocenters. The maximum Gasteiger partial charge on any atom is 0.407 e. The van der Waals surface area contributed by atoms with E-state index in [0.717, 1.165) is 6.42 Å². The first-order valence-electron chi connectivity index (χ1n) is 5.99. The van der Waals surface area contributed by atoms with Crippen molar-refractivity contribution in [1.29, 1.82) is 0 Å². The Morgan fingerprint density at radius 3 is 2.89 bits per heavy atom. The Morgan fingerprint density at radius 1 is 1.50 bits per heavy atom. The van der Waals surface area contributed by atoms with Crippen molar-refractivity contribution in [2.24, 2.45) is 5.92 Å². The van der Waals surface area contributed by atoms with E-state index in [1.54, 1.807) is 0 Å². The van der Waals surface area contributed by atoms with E-state index in [9.17, 15) is 14.7 Å². The van der Waals surface area contributed by atoms with Crippen molar-refractivity contribution in [2.75, 3.05) is 7.11 Å². The number of rotatable bonds is 3. The molecule has 18 heavy (non-hydrogen) atoms. The van der Waals surface area contributed by atoms with E-state index in [2.05, 4.69) is 16.1 Å². The Bertz CT molecular complexity index is 367. The number of carboxylic acid groups (broad SMARTS) is 1. The summed E-state index contributed by atoms with van der Waals surface area (Å²) in [6, 6.07) is -0.919. The zero-order valence-electron chi connectivity index (χ0n) is 10.2. The highest BCUT2D eigenvalue weighted by Gasteiger charge is 2.38. The molecule has 6 heteroatoms. The number of carbonyl (C=O) groups excluding carboxylic acids is 1. The van der Waals surface area contributed by atoms with Crippen LogP contribution in [-0.2, 0) is 14.3 Å². The fraction of sp³-hybridized carbons (Fsp3) is 0.667. The summed E-state index contributed by atoms with van der Waals surface area (Å²) in [5, 5.41) is 11.6. The van der Waals surface area contributed by atoms with Crippen LogP contribution in [0.1, 0.15) is 19.3 Å². The van der Waals surface area contributed by atoms with Crippen LogP contribution >= 0.6 is 0 Å². The Hall–Kier alpha value is -1.56. The molecule has 1 saturated heterocycles. The molecule has 0 saturated carbocycles. The molecule has 1 fully saturated rings. The first-order valence-corrected chi connectivity index (χ1v) is 5.99. The average molecular weight is 255 g/mol. The van der Waals surface area contributed by atoms with Crippen LogP contribution in [0.4, 0.5) is 4.79 Å². The monoisotopic (exact) mass is 255 g/mol. The van der Waals surface area contributed by atoms with Gasteiger partial charge in [0.2, 0.25) is 0 Å². The summed E-state index contributed by atoms with van der Waals surface area (Å²) in [5.74, 6) is -1.16. The molecule has 2 aliphatic rings. The summed E-state index contributed by atoms with van der Waals surface area (Å²) < 4.78 is 10.1. The smallest absolute Gasteiger partial charge is 0.407 e. The van der Waals surface area contributed by atoms with Gasteiger partial charge < -0.3 is 19.9 Å². The molecule has 2 heterocycles. The van der Waals surface area contributed by atoms with Crippen LogP contribution in [0.5, 0.6) is 0 Å². The predicted molar refractivity (Wildman–Crippen MR) is 62.1 cm³/mol. The van der Waals surface area contributed by atoms with Gasteiger partial charge in [-0.2, -0.15) is 0 Å². The van der Waals surface area contributed by atoms with Crippen LogP contribution in [0.25, 0.3) is 0 Å². The van der Waals surface area contributed by atoms with Crippen LogP contribution in [0, 0.1) is 5.92 Å². The zero-order valence-corrected chi connectivity index (χ0v) is 10.2. The van der Waals surface area contributed by atoms with Crippen molar-refractivity contribution in [3.8, 4) is 0 Å². The molecule has 100 valence electrons. The lowest BCUT2D eigenvalue weighted by Gasteiger charge is -2.38. The minimum atomic E-state index is -1.03. The van der Waals surface area contributed by atoms with E-state index in [4.69, 9.17) is 4.74 Å². The summed E-state index contributed by atoms with van der Waals surface area (Å²) in [5.41, 5.74) is 0. The predicted octanol–water partition coefficient (Wildman–Crippen LogP) is 0.919. The minimum absolute atomic E-state index is 0.0382. The molecular weight excluding hydrogens is 238 g/mol. The maximum absolute atomic E-state index is 11.2. The maximum atomic E-state index is 11.2. The van der Waals surface area contributed by atoms with Crippen molar-refractivity contribution >= 4 is 12.1 Å². The zero-order chi connectivity index (χ0) is 13.1. The second kappa shape index (κ2) is 5.39. The molecule has 0 radical (unpaired) electrons. The average Bonchev–Trinajstić information content (AvgIpc) is 2.34. The van der Waals surface area contributed by atoms with Gasteiger partial charge in [0.25, 0.3) is 0 Å². The number of hydrogen-bond donors (Lipinski definition) is 2. The molecule has 6 nitrogen and oxygen atoms in total. The first-order chi connectivity index (χ1) is 8.60. The Kier molecular flexibility index (Phi) is 3.86. The van der Waals surface area contributed by atoms with E-state index in [0.29, 0.717) is 12.8 Å². The Morgan fingerprint density at radius 2 is 2.28 bits per heavy atom. The van der Waals surface area contributed by atoms with Gasteiger partial charge in [-0.1, -0.05) is 12.2 Å². The van der Waals surface area contributed by atoms with Gasteiger partial charge in [-0.05, 0) is 25.2 Å². The summed E-state index contributed by atoms with van der Waals surface area (Å²) in [6.45, 7) is 0. The highest BCUT2D eigenvalue weighted by atomic mass is 16.5. The van der Waals surface area contributed by atoms with Crippen molar-refractivity contribution in [2.45, 2.75) is 37.5 Å². The molecule has 2 N–H and O–H groups in total. The molecule has 0 aliphatic carbocycles. The number of amides is 1. The summed E-state index contributed by atoms with van der Waals surface area (Å²) in [4.78, 5) is 22.4. The van der Waals surface area contributed by atoms with E-state index in [1.807, 2.05) is 6.08 Å². The van der Waals surface area contributed by atoms with E-state index >= 15 is 0 Å². The van der Waals surface area contributed by atoms with Crippen molar-refractivity contribution in [1.82, 2.24) is 5.32 Å². The van der Waals surface area contributed by atoms with Crippen molar-refractivity contribution in [3.05, 3.63) is 12.2 Å². The number of hydrogen-bond acceptors (Lipinski definition) is 4. The molecule has 1 amide bonds. The van der Waals surface area contributed by atoms with Gasteiger partial charge in [-0.15, -0.1) is 0 Å². The van der Waals surface area contributed by atoms with Gasteiger partial charge in [0.05, 0.1) is 19.3 Å². The SMILES string of the molecule is COC(=O)NC(C(=O)O)C1CC2C=CCC(C1)O2. The number of carboxylic acids is 1. The molecule has 4 atom stereocenters. The van der Waals surface area contributed by atoms with Crippen LogP contribution in [0.3, 0.4) is 0 Å². The largest absolute Gasteiger partial charge is 0.480 e. The lowest BCUT2D eigenvalue weighted by Crippen LogP contribution is -2.50. The van der Waals surface area contributed by atoms with Crippen molar-refractivity contribution in [3.63, 3.8) is 0 Å². The summed E-state index contributed by atoms with van der Waals surface area (Å²) in [6.07, 6.45) is 5.38. The van der Waals surface area contributed by atoms with Gasteiger partial charge in [0.1, 0.15) is 6.04 Å². The van der Waals surface area contributed by atoms with Gasteiger partial charge in [0, 0.05) is 0 Å². The van der Waals surface area contributed by atoms with E-state index in [1.165, 1.54) is 7.11 Å². The molecule has 2 bridgehead atoms. The standard InChI is InChI=1S/C12H17NO5/c1-17-12(16)13-10(11(14)15)7-5-8-3-2-4-9(6-7)18-8/h2-3,7-10H,4-6H2,1H3,(H,13,16)(H,14,15). The van der Waals surface area contributed by atoms with E-state index in [-0.39, 0.29) is 18.1 Å². The third-order valence-electron chi connectivity index (χ3n) is 3.41. The van der Waals surface area contributed by atoms with Gasteiger partial charge in [0.15, 0.2) is 0 Å². The van der Waals surface area contributed by atoms with Crippen LogP contribution in [0.2, 0.25) is 0 Å². The topological polar surface area (TPSA) is 84.9 Å². The highest BCUT2D eigenvalue weighted by molar-refractivity contribution is 5.80. The van der Waals surface area contributed by atoms with E-state index < -0.39 is 18.1 Å². The molecular formula is C12H17NO5. The third kappa shape index (κ3) is 2.81. The highest BCUT2D eigenvalue weighted by Crippen LogP contribution is 2.32. The number of ether oxygens (including phenoxy) is 2. The van der Waals surface area contributed by atoms with Crippen LogP contribution in [0.15, 0.2) is 12.2 Å². The van der Waals surface area contributed by atoms with Crippen molar-refractivity contribution < 1.29 is 24.2 Å². The third-order valence-corrected chi connectivity index (χ3v) is 3.41. The fourth-order valence-electron chi connectivity index (χ4n) is 2.59. The number of carbonyl (C=O) groups is 2. The molecule has 0 spiro atoms. The number of methoxy groups -OCH3 is 1. The fourth-order valence-corrected chi connectivity index (χ4v) is 2.59. The number of fused-ring (bicyclic) bond motifs is 2. The molecule has 0 aromatic carbocycles. The normalized spacial score (nSPS) is 31.5. The quantitative estimate of drug-likeness (QED) is 0.732. The van der Waals surface area contributed by atoms with Gasteiger partial charge in [-0.25, -0.2) is 9.59 Å². The molecule has 0 aromatic rings. The summed E-state index contributed by atoms with van der Waals surface area (Å²) >= 11 is 0. The van der Waals surface area contributed by atoms with Gasteiger partial charge >= 0.3 is 12.1 Å². The Balaban J connectivity index is 2.05. The second-order valence-corrected chi connectivity index (χ2v) is 4.64. The number of alkyl carbamates (subject to hydrolysis) is 1. The lowest BCUT2D eigenvalue weighted by molar-refractivity contribution is -0.143. The van der Waals surface area contributed by atoms with Gasteiger partial charge in [-0.3, -0.25) is 0 Å². The summed E-state index contributed by atoms with van der Waals surface area (Å²) in [7, 11) is 1.22. The first kappa shape index (κ1) is 12.9.